The highest BCUT2D eigenvalue weighted by Gasteiger charge is 2.05. The van der Waals surface area contributed by atoms with Crippen LogP contribution in [0, 0.1) is 12.7 Å². The molecule has 110 valence electrons. The molecular formula is C16H18FN3O. The predicted molar refractivity (Wildman–Crippen MR) is 82.7 cm³/mol. The maximum atomic E-state index is 13.0. The average Bonchev–Trinajstić information content (AvgIpc) is 2.42. The van der Waals surface area contributed by atoms with Crippen molar-refractivity contribution in [1.82, 2.24) is 0 Å². The summed E-state index contributed by atoms with van der Waals surface area (Å²) in [6.45, 7) is 2.54. The maximum Gasteiger partial charge on any atom is 0.248 e. The molecule has 21 heavy (non-hydrogen) atoms. The number of rotatable bonds is 5. The molecule has 1 amide bonds. The van der Waals surface area contributed by atoms with Gasteiger partial charge in [-0.15, -0.1) is 0 Å². The first-order valence-corrected chi connectivity index (χ1v) is 6.65. The largest absolute Gasteiger partial charge is 0.397 e. The molecular weight excluding hydrogens is 269 g/mol. The van der Waals surface area contributed by atoms with Crippen molar-refractivity contribution in [3.05, 3.63) is 58.9 Å². The van der Waals surface area contributed by atoms with Gasteiger partial charge in [-0.05, 0) is 54.8 Å². The Kier molecular flexibility index (Phi) is 4.42. The second-order valence-corrected chi connectivity index (χ2v) is 4.91. The summed E-state index contributed by atoms with van der Waals surface area (Å²) < 4.78 is 13.0. The smallest absolute Gasteiger partial charge is 0.248 e. The van der Waals surface area contributed by atoms with E-state index in [1.165, 1.54) is 12.1 Å². The van der Waals surface area contributed by atoms with Gasteiger partial charge in [0.2, 0.25) is 5.91 Å². The van der Waals surface area contributed by atoms with E-state index in [1.54, 1.807) is 24.3 Å². The molecule has 0 radical (unpaired) electrons. The van der Waals surface area contributed by atoms with Crippen molar-refractivity contribution < 1.29 is 9.18 Å². The summed E-state index contributed by atoms with van der Waals surface area (Å²) in [4.78, 5) is 11.0. The highest BCUT2D eigenvalue weighted by molar-refractivity contribution is 5.94. The number of nitrogens with one attached hydrogen (secondary N) is 1. The van der Waals surface area contributed by atoms with Crippen molar-refractivity contribution in [2.24, 2.45) is 5.73 Å². The zero-order valence-electron chi connectivity index (χ0n) is 11.8. The topological polar surface area (TPSA) is 81.1 Å². The molecule has 0 unspecified atom stereocenters. The highest BCUT2D eigenvalue weighted by atomic mass is 19.1. The molecule has 0 aliphatic rings. The Morgan fingerprint density at radius 1 is 1.24 bits per heavy atom. The zero-order chi connectivity index (χ0) is 15.4. The molecule has 2 rings (SSSR count). The molecule has 0 fully saturated rings. The van der Waals surface area contributed by atoms with E-state index in [0.717, 1.165) is 23.2 Å². The second kappa shape index (κ2) is 6.26. The van der Waals surface area contributed by atoms with E-state index >= 15 is 0 Å². The van der Waals surface area contributed by atoms with Gasteiger partial charge in [0.1, 0.15) is 5.82 Å². The molecule has 0 spiro atoms. The molecule has 0 aliphatic carbocycles. The first-order chi connectivity index (χ1) is 9.97. The minimum absolute atomic E-state index is 0.226. The zero-order valence-corrected chi connectivity index (χ0v) is 11.8. The Hall–Kier alpha value is -2.56. The number of benzene rings is 2. The summed E-state index contributed by atoms with van der Waals surface area (Å²) in [6.07, 6.45) is 0.753. The van der Waals surface area contributed by atoms with Gasteiger partial charge in [0.15, 0.2) is 0 Å². The van der Waals surface area contributed by atoms with Gasteiger partial charge in [0.25, 0.3) is 0 Å². The monoisotopic (exact) mass is 287 g/mol. The number of hydrogen-bond donors (Lipinski definition) is 3. The number of halogens is 1. The summed E-state index contributed by atoms with van der Waals surface area (Å²) in [5.41, 5.74) is 14.7. The van der Waals surface area contributed by atoms with Gasteiger partial charge in [-0.25, -0.2) is 4.39 Å². The van der Waals surface area contributed by atoms with Crippen LogP contribution in [-0.4, -0.2) is 12.5 Å². The number of primary amides is 1. The first kappa shape index (κ1) is 14.8. The van der Waals surface area contributed by atoms with Crippen molar-refractivity contribution in [2.75, 3.05) is 17.6 Å². The minimum Gasteiger partial charge on any atom is -0.397 e. The van der Waals surface area contributed by atoms with Gasteiger partial charge >= 0.3 is 0 Å². The average molecular weight is 287 g/mol. The lowest BCUT2D eigenvalue weighted by Crippen LogP contribution is -2.12. The molecule has 0 atom stereocenters. The molecule has 5 N–H and O–H groups in total. The molecule has 2 aromatic rings. The summed E-state index contributed by atoms with van der Waals surface area (Å²) in [5.74, 6) is -0.731. The van der Waals surface area contributed by atoms with Crippen LogP contribution in [-0.2, 0) is 6.42 Å². The fourth-order valence-corrected chi connectivity index (χ4v) is 2.15. The van der Waals surface area contributed by atoms with Crippen molar-refractivity contribution in [2.45, 2.75) is 13.3 Å². The SMILES string of the molecule is Cc1cc(F)ccc1CCNc1ccc(C(N)=O)cc1N. The summed E-state index contributed by atoms with van der Waals surface area (Å²) >= 11 is 0. The predicted octanol–water partition coefficient (Wildman–Crippen LogP) is 2.47. The Morgan fingerprint density at radius 3 is 2.62 bits per heavy atom. The van der Waals surface area contributed by atoms with E-state index in [2.05, 4.69) is 5.32 Å². The van der Waals surface area contributed by atoms with Crippen molar-refractivity contribution >= 4 is 17.3 Å². The van der Waals surface area contributed by atoms with Crippen LogP contribution in [0.2, 0.25) is 0 Å². The van der Waals surface area contributed by atoms with E-state index in [0.29, 0.717) is 17.8 Å². The maximum absolute atomic E-state index is 13.0. The number of aryl methyl sites for hydroxylation is 1. The fourth-order valence-electron chi connectivity index (χ4n) is 2.15. The normalized spacial score (nSPS) is 10.4. The lowest BCUT2D eigenvalue weighted by atomic mass is 10.1. The highest BCUT2D eigenvalue weighted by Crippen LogP contribution is 2.20. The number of carbonyl (C=O) groups excluding carboxylic acids is 1. The molecule has 5 heteroatoms. The number of anilines is 2. The van der Waals surface area contributed by atoms with Crippen LogP contribution in [0.4, 0.5) is 15.8 Å². The van der Waals surface area contributed by atoms with E-state index in [9.17, 15) is 9.18 Å². The standard InChI is InChI=1S/C16H18FN3O/c1-10-8-13(17)4-2-11(10)6-7-20-15-5-3-12(16(19)21)9-14(15)18/h2-5,8-9,20H,6-7,18H2,1H3,(H2,19,21). The van der Waals surface area contributed by atoms with Crippen molar-refractivity contribution in [1.29, 1.82) is 0 Å². The lowest BCUT2D eigenvalue weighted by Gasteiger charge is -2.11. The molecule has 0 aromatic heterocycles. The van der Waals surface area contributed by atoms with Gasteiger partial charge < -0.3 is 16.8 Å². The van der Waals surface area contributed by atoms with Crippen LogP contribution in [0.25, 0.3) is 0 Å². The Labute approximate surface area is 123 Å². The van der Waals surface area contributed by atoms with Crippen LogP contribution in [0.3, 0.4) is 0 Å². The van der Waals surface area contributed by atoms with Crippen molar-refractivity contribution in [3.63, 3.8) is 0 Å². The van der Waals surface area contributed by atoms with Crippen LogP contribution in [0.1, 0.15) is 21.5 Å². The number of amides is 1. The molecule has 4 nitrogen and oxygen atoms in total. The molecule has 2 aromatic carbocycles. The van der Waals surface area contributed by atoms with E-state index in [4.69, 9.17) is 11.5 Å². The third-order valence-corrected chi connectivity index (χ3v) is 3.35. The number of hydrogen-bond acceptors (Lipinski definition) is 3. The molecule has 0 aliphatic heterocycles. The Balaban J connectivity index is 1.99. The van der Waals surface area contributed by atoms with E-state index in [-0.39, 0.29) is 5.82 Å². The molecule has 0 bridgehead atoms. The lowest BCUT2D eigenvalue weighted by molar-refractivity contribution is 0.100. The van der Waals surface area contributed by atoms with Gasteiger partial charge in [-0.1, -0.05) is 6.07 Å². The Bertz CT molecular complexity index is 671. The summed E-state index contributed by atoms with van der Waals surface area (Å²) in [6, 6.07) is 9.67. The summed E-state index contributed by atoms with van der Waals surface area (Å²) in [7, 11) is 0. The molecule has 0 saturated carbocycles. The van der Waals surface area contributed by atoms with Crippen LogP contribution in [0.15, 0.2) is 36.4 Å². The van der Waals surface area contributed by atoms with Crippen LogP contribution < -0.4 is 16.8 Å². The third kappa shape index (κ3) is 3.72. The number of nitrogens with two attached hydrogens (primary N) is 2. The van der Waals surface area contributed by atoms with Crippen LogP contribution >= 0.6 is 0 Å². The van der Waals surface area contributed by atoms with Gasteiger partial charge in [-0.3, -0.25) is 4.79 Å². The minimum atomic E-state index is -0.504. The third-order valence-electron chi connectivity index (χ3n) is 3.35. The Morgan fingerprint density at radius 2 is 2.00 bits per heavy atom. The number of nitrogen functional groups attached to an aromatic ring is 1. The second-order valence-electron chi connectivity index (χ2n) is 4.91. The first-order valence-electron chi connectivity index (χ1n) is 6.65. The van der Waals surface area contributed by atoms with Gasteiger partial charge in [0, 0.05) is 12.1 Å². The number of carbonyl (C=O) groups is 1. The van der Waals surface area contributed by atoms with E-state index in [1.807, 2.05) is 6.92 Å². The van der Waals surface area contributed by atoms with Gasteiger partial charge in [0.05, 0.1) is 11.4 Å². The molecule has 0 heterocycles. The quantitative estimate of drug-likeness (QED) is 0.739. The molecule has 0 saturated heterocycles. The van der Waals surface area contributed by atoms with Gasteiger partial charge in [-0.2, -0.15) is 0 Å². The summed E-state index contributed by atoms with van der Waals surface area (Å²) in [5, 5.41) is 3.20. The fraction of sp³-hybridized carbons (Fsp3) is 0.188. The van der Waals surface area contributed by atoms with Crippen molar-refractivity contribution in [3.8, 4) is 0 Å². The van der Waals surface area contributed by atoms with Crippen LogP contribution in [0.5, 0.6) is 0 Å². The van der Waals surface area contributed by atoms with E-state index < -0.39 is 5.91 Å².